The highest BCUT2D eigenvalue weighted by Gasteiger charge is 2.41. The number of benzene rings is 3. The summed E-state index contributed by atoms with van der Waals surface area (Å²) < 4.78 is 38.7. The second-order valence-electron chi connectivity index (χ2n) is 6.16. The van der Waals surface area contributed by atoms with Gasteiger partial charge >= 0.3 is 6.18 Å². The Labute approximate surface area is 162 Å². The van der Waals surface area contributed by atoms with Crippen LogP contribution in [0.15, 0.2) is 66.7 Å². The average Bonchev–Trinajstić information content (AvgIpc) is 2.94. The molecule has 8 heteroatoms. The third-order valence-electron chi connectivity index (χ3n) is 4.34. The van der Waals surface area contributed by atoms with Gasteiger partial charge in [-0.1, -0.05) is 42.5 Å². The van der Waals surface area contributed by atoms with Gasteiger partial charge in [-0.2, -0.15) is 13.2 Å². The molecule has 1 atom stereocenters. The van der Waals surface area contributed by atoms with E-state index in [-0.39, 0.29) is 5.69 Å². The van der Waals surface area contributed by atoms with Crippen molar-refractivity contribution in [2.24, 2.45) is 0 Å². The minimum Gasteiger partial charge on any atom is -0.365 e. The molecule has 1 saturated heterocycles. The Balaban J connectivity index is 1.63. The zero-order valence-corrected chi connectivity index (χ0v) is 15.1. The van der Waals surface area contributed by atoms with Crippen LogP contribution < -0.4 is 10.2 Å². The number of hydrogen-bond acceptors (Lipinski definition) is 4. The zero-order valence-electron chi connectivity index (χ0n) is 14.2. The van der Waals surface area contributed by atoms with Gasteiger partial charge in [0.2, 0.25) is 0 Å². The fraction of sp³-hybridized carbons (Fsp3) is 0.100. The molecule has 142 valence electrons. The Kier molecular flexibility index (Phi) is 4.50. The van der Waals surface area contributed by atoms with Crippen LogP contribution in [0, 0.1) is 0 Å². The Morgan fingerprint density at radius 1 is 0.929 bits per heavy atom. The molecule has 0 saturated carbocycles. The zero-order chi connectivity index (χ0) is 19.9. The first kappa shape index (κ1) is 18.4. The molecule has 0 radical (unpaired) electrons. The second-order valence-corrected chi connectivity index (χ2v) is 7.21. The number of alkyl halides is 3. The predicted octanol–water partition coefficient (Wildman–Crippen LogP) is 5.50. The molecular weight excluding hydrogens is 389 g/mol. The van der Waals surface area contributed by atoms with Crippen LogP contribution >= 0.6 is 11.8 Å². The lowest BCUT2D eigenvalue weighted by Gasteiger charge is -2.17. The maximum Gasteiger partial charge on any atom is 0.416 e. The van der Waals surface area contributed by atoms with E-state index in [0.717, 1.165) is 39.6 Å². The van der Waals surface area contributed by atoms with E-state index in [9.17, 15) is 22.8 Å². The van der Waals surface area contributed by atoms with Gasteiger partial charge in [-0.15, -0.1) is 0 Å². The summed E-state index contributed by atoms with van der Waals surface area (Å²) in [6.45, 7) is 0. The molecule has 4 nitrogen and oxygen atoms in total. The van der Waals surface area contributed by atoms with Gasteiger partial charge in [-0.3, -0.25) is 9.59 Å². The lowest BCUT2D eigenvalue weighted by Crippen LogP contribution is -2.34. The molecule has 0 aromatic heterocycles. The number of carbonyl (C=O) groups is 2. The molecule has 1 N–H and O–H groups in total. The summed E-state index contributed by atoms with van der Waals surface area (Å²) >= 11 is 0.738. The molecule has 3 aromatic carbocycles. The lowest BCUT2D eigenvalue weighted by atomic mass is 10.1. The maximum atomic E-state index is 12.9. The normalized spacial score (nSPS) is 17.4. The summed E-state index contributed by atoms with van der Waals surface area (Å²) in [4.78, 5) is 26.4. The van der Waals surface area contributed by atoms with Gasteiger partial charge in [0.05, 0.1) is 11.3 Å². The largest absolute Gasteiger partial charge is 0.416 e. The van der Waals surface area contributed by atoms with Crippen LogP contribution in [0.2, 0.25) is 0 Å². The van der Waals surface area contributed by atoms with E-state index in [1.54, 1.807) is 12.1 Å². The molecule has 2 amide bonds. The summed E-state index contributed by atoms with van der Waals surface area (Å²) in [5, 5.41) is 2.86. The van der Waals surface area contributed by atoms with E-state index in [1.165, 1.54) is 12.1 Å². The Hall–Kier alpha value is -3.00. The maximum absolute atomic E-state index is 12.9. The van der Waals surface area contributed by atoms with Crippen LogP contribution in [0.25, 0.3) is 10.8 Å². The van der Waals surface area contributed by atoms with Crippen molar-refractivity contribution in [3.63, 3.8) is 0 Å². The molecular formula is C20H13F3N2O2S. The van der Waals surface area contributed by atoms with Gasteiger partial charge in [0.25, 0.3) is 11.1 Å². The van der Waals surface area contributed by atoms with Crippen molar-refractivity contribution in [1.82, 2.24) is 0 Å². The number of carbonyl (C=O) groups excluding carboxylic acids is 2. The summed E-state index contributed by atoms with van der Waals surface area (Å²) in [6, 6.07) is 17.2. The summed E-state index contributed by atoms with van der Waals surface area (Å²) in [7, 11) is 0. The SMILES string of the molecule is O=C1SC(Nc2cccc(C(F)(F)F)c2)C(=O)N1c1cccc2ccccc12. The number of amides is 2. The van der Waals surface area contributed by atoms with Gasteiger partial charge in [0.15, 0.2) is 5.37 Å². The highest BCUT2D eigenvalue weighted by molar-refractivity contribution is 8.16. The Bertz CT molecular complexity index is 1080. The number of anilines is 2. The molecule has 1 heterocycles. The topological polar surface area (TPSA) is 49.4 Å². The molecule has 4 rings (SSSR count). The number of thioether (sulfide) groups is 1. The van der Waals surface area contributed by atoms with Crippen molar-refractivity contribution < 1.29 is 22.8 Å². The first-order chi connectivity index (χ1) is 13.3. The van der Waals surface area contributed by atoms with Crippen LogP contribution in [-0.4, -0.2) is 16.5 Å². The van der Waals surface area contributed by atoms with Crippen molar-refractivity contribution >= 4 is 45.1 Å². The van der Waals surface area contributed by atoms with Crippen molar-refractivity contribution in [3.8, 4) is 0 Å². The van der Waals surface area contributed by atoms with Crippen molar-refractivity contribution in [3.05, 3.63) is 72.3 Å². The molecule has 0 spiro atoms. The highest BCUT2D eigenvalue weighted by atomic mass is 32.2. The fourth-order valence-corrected chi connectivity index (χ4v) is 3.96. The number of halogens is 3. The Morgan fingerprint density at radius 2 is 1.64 bits per heavy atom. The van der Waals surface area contributed by atoms with Gasteiger partial charge in [0, 0.05) is 11.1 Å². The molecule has 0 bridgehead atoms. The average molecular weight is 402 g/mol. The first-order valence-electron chi connectivity index (χ1n) is 8.31. The fourth-order valence-electron chi connectivity index (χ4n) is 3.06. The quantitative estimate of drug-likeness (QED) is 0.629. The van der Waals surface area contributed by atoms with E-state index in [4.69, 9.17) is 0 Å². The van der Waals surface area contributed by atoms with E-state index in [0.29, 0.717) is 5.69 Å². The molecule has 1 aliphatic rings. The number of fused-ring (bicyclic) bond motifs is 1. The van der Waals surface area contributed by atoms with Gasteiger partial charge in [-0.05, 0) is 41.4 Å². The summed E-state index contributed by atoms with van der Waals surface area (Å²) in [6.07, 6.45) is -4.49. The number of nitrogens with one attached hydrogen (secondary N) is 1. The van der Waals surface area contributed by atoms with Crippen LogP contribution in [0.5, 0.6) is 0 Å². The van der Waals surface area contributed by atoms with Crippen LogP contribution in [0.3, 0.4) is 0 Å². The minimum absolute atomic E-state index is 0.119. The molecule has 1 aliphatic heterocycles. The third kappa shape index (κ3) is 3.31. The van der Waals surface area contributed by atoms with Crippen LogP contribution in [0.4, 0.5) is 29.3 Å². The summed E-state index contributed by atoms with van der Waals surface area (Å²) in [5.74, 6) is -0.524. The number of hydrogen-bond donors (Lipinski definition) is 1. The van der Waals surface area contributed by atoms with Crippen LogP contribution in [-0.2, 0) is 11.0 Å². The van der Waals surface area contributed by atoms with Gasteiger partial charge in [0.1, 0.15) is 0 Å². The van der Waals surface area contributed by atoms with E-state index >= 15 is 0 Å². The van der Waals surface area contributed by atoms with Crippen molar-refractivity contribution in [2.75, 3.05) is 10.2 Å². The number of imide groups is 1. The standard InChI is InChI=1S/C20H13F3N2O2S/c21-20(22,23)13-7-4-8-14(11-13)24-17-18(26)25(19(27)28-17)16-10-3-6-12-5-1-2-9-15(12)16/h1-11,17,24H. The molecule has 28 heavy (non-hydrogen) atoms. The van der Waals surface area contributed by atoms with Gasteiger partial charge < -0.3 is 5.32 Å². The minimum atomic E-state index is -4.49. The number of rotatable bonds is 3. The highest BCUT2D eigenvalue weighted by Crippen LogP contribution is 2.37. The molecule has 1 unspecified atom stereocenters. The van der Waals surface area contributed by atoms with E-state index in [1.807, 2.05) is 30.3 Å². The Morgan fingerprint density at radius 3 is 2.43 bits per heavy atom. The lowest BCUT2D eigenvalue weighted by molar-refractivity contribution is -0.137. The first-order valence-corrected chi connectivity index (χ1v) is 9.19. The van der Waals surface area contributed by atoms with E-state index in [2.05, 4.69) is 5.32 Å². The summed E-state index contributed by atoms with van der Waals surface area (Å²) in [5.41, 5.74) is -0.257. The molecule has 3 aromatic rings. The monoisotopic (exact) mass is 402 g/mol. The van der Waals surface area contributed by atoms with Crippen molar-refractivity contribution in [2.45, 2.75) is 11.6 Å². The second kappa shape index (κ2) is 6.87. The molecule has 1 fully saturated rings. The third-order valence-corrected chi connectivity index (χ3v) is 5.28. The van der Waals surface area contributed by atoms with Crippen molar-refractivity contribution in [1.29, 1.82) is 0 Å². The smallest absolute Gasteiger partial charge is 0.365 e. The van der Waals surface area contributed by atoms with Gasteiger partial charge in [-0.25, -0.2) is 4.90 Å². The van der Waals surface area contributed by atoms with Crippen LogP contribution in [0.1, 0.15) is 5.56 Å². The van der Waals surface area contributed by atoms with E-state index < -0.39 is 28.3 Å². The molecule has 0 aliphatic carbocycles. The predicted molar refractivity (Wildman–Crippen MR) is 103 cm³/mol. The number of nitrogens with zero attached hydrogens (tertiary/aromatic N) is 1.